The van der Waals surface area contributed by atoms with Crippen LogP contribution in [0.3, 0.4) is 0 Å². The van der Waals surface area contributed by atoms with Crippen LogP contribution < -0.4 is 5.32 Å². The van der Waals surface area contributed by atoms with Gasteiger partial charge in [-0.15, -0.1) is 0 Å². The van der Waals surface area contributed by atoms with Crippen LogP contribution in [0.1, 0.15) is 5.56 Å². The Balaban J connectivity index is 0.000000181. The van der Waals surface area contributed by atoms with Gasteiger partial charge >= 0.3 is 0 Å². The molecule has 6 heteroatoms. The van der Waals surface area contributed by atoms with Crippen LogP contribution in [0.25, 0.3) is 0 Å². The monoisotopic (exact) mass is 291 g/mol. The van der Waals surface area contributed by atoms with Gasteiger partial charge in [-0.25, -0.2) is 0 Å². The average Bonchev–Trinajstić information content (AvgIpc) is 2.64. The molecule has 0 bridgehead atoms. The molecule has 0 saturated heterocycles. The number of benzene rings is 1. The van der Waals surface area contributed by atoms with Gasteiger partial charge in [-0.3, -0.25) is 9.59 Å². The highest BCUT2D eigenvalue weighted by atomic mass is 35.6. The van der Waals surface area contributed by atoms with Crippen molar-refractivity contribution in [3.63, 3.8) is 0 Å². The van der Waals surface area contributed by atoms with Gasteiger partial charge in [-0.05, 0) is 0 Å². The molecule has 1 aliphatic rings. The van der Waals surface area contributed by atoms with E-state index in [0.29, 0.717) is 5.56 Å². The minimum atomic E-state index is -1.29. The molecule has 0 radical (unpaired) electrons. The highest BCUT2D eigenvalue weighted by Gasteiger charge is 2.21. The van der Waals surface area contributed by atoms with Crippen LogP contribution in [0.4, 0.5) is 0 Å². The first-order valence-electron chi connectivity index (χ1n) is 4.55. The van der Waals surface area contributed by atoms with Gasteiger partial charge in [-0.2, -0.15) is 0 Å². The molecular weight excluding hydrogens is 284 g/mol. The van der Waals surface area contributed by atoms with E-state index in [2.05, 4.69) is 5.32 Å². The lowest BCUT2D eigenvalue weighted by atomic mass is 10.2. The second-order valence-electron chi connectivity index (χ2n) is 3.03. The van der Waals surface area contributed by atoms with E-state index in [1.807, 2.05) is 18.2 Å². The van der Waals surface area contributed by atoms with Crippen LogP contribution in [0.15, 0.2) is 42.6 Å². The Hall–Kier alpha value is -1.03. The van der Waals surface area contributed by atoms with Crippen LogP contribution in [0.5, 0.6) is 0 Å². The zero-order valence-corrected chi connectivity index (χ0v) is 10.8. The maximum atomic E-state index is 10.1. The third kappa shape index (κ3) is 4.77. The first kappa shape index (κ1) is 14.0. The van der Waals surface area contributed by atoms with Crippen molar-refractivity contribution in [2.24, 2.45) is 0 Å². The van der Waals surface area contributed by atoms with E-state index in [4.69, 9.17) is 34.8 Å². The summed E-state index contributed by atoms with van der Waals surface area (Å²) in [7, 11) is 0. The number of rotatable bonds is 0. The van der Waals surface area contributed by atoms with Gasteiger partial charge in [0.15, 0.2) is 0 Å². The first-order valence-corrected chi connectivity index (χ1v) is 5.68. The van der Waals surface area contributed by atoms with Crippen molar-refractivity contribution in [2.45, 2.75) is 3.79 Å². The lowest BCUT2D eigenvalue weighted by Crippen LogP contribution is -2.17. The molecular formula is C11H8Cl3NO2. The van der Waals surface area contributed by atoms with Crippen LogP contribution in [0, 0.1) is 0 Å². The zero-order valence-electron chi connectivity index (χ0n) is 8.49. The van der Waals surface area contributed by atoms with E-state index < -0.39 is 15.5 Å². The van der Waals surface area contributed by atoms with Crippen molar-refractivity contribution in [1.82, 2.24) is 5.32 Å². The lowest BCUT2D eigenvalue weighted by molar-refractivity contribution is -0.133. The molecule has 1 heterocycles. The number of amides is 1. The third-order valence-corrected chi connectivity index (χ3v) is 2.43. The summed E-state index contributed by atoms with van der Waals surface area (Å²) in [6.45, 7) is 0. The second kappa shape index (κ2) is 6.05. The van der Waals surface area contributed by atoms with Gasteiger partial charge < -0.3 is 5.32 Å². The number of alkyl halides is 3. The Morgan fingerprint density at radius 3 is 1.82 bits per heavy atom. The predicted octanol–water partition coefficient (Wildman–Crippen LogP) is 2.71. The number of carbonyl (C=O) groups is 2. The van der Waals surface area contributed by atoms with Crippen molar-refractivity contribution in [3.05, 3.63) is 48.2 Å². The Morgan fingerprint density at radius 1 is 1.00 bits per heavy atom. The van der Waals surface area contributed by atoms with Crippen molar-refractivity contribution < 1.29 is 9.59 Å². The molecule has 0 aromatic heterocycles. The molecule has 0 fully saturated rings. The van der Waals surface area contributed by atoms with Gasteiger partial charge in [0.05, 0.1) is 0 Å². The van der Waals surface area contributed by atoms with E-state index in [1.165, 1.54) is 12.3 Å². The normalized spacial score (nSPS) is 14.1. The Labute approximate surface area is 113 Å². The maximum Gasteiger partial charge on any atom is 0.295 e. The summed E-state index contributed by atoms with van der Waals surface area (Å²) >= 11 is 16.8. The van der Waals surface area contributed by atoms with Gasteiger partial charge in [0.1, 0.15) is 0 Å². The van der Waals surface area contributed by atoms with Crippen LogP contribution >= 0.6 is 34.8 Å². The van der Waals surface area contributed by atoms with E-state index in [1.54, 1.807) is 12.1 Å². The molecule has 90 valence electrons. The Bertz CT molecular complexity index is 438. The highest BCUT2D eigenvalue weighted by molar-refractivity contribution is 6.66. The smallest absolute Gasteiger partial charge is 0.295 e. The van der Waals surface area contributed by atoms with E-state index in [0.717, 1.165) is 0 Å². The van der Waals surface area contributed by atoms with Crippen LogP contribution in [-0.2, 0) is 13.4 Å². The van der Waals surface area contributed by atoms with Crippen molar-refractivity contribution in [1.29, 1.82) is 0 Å². The summed E-state index contributed by atoms with van der Waals surface area (Å²) in [5.74, 6) is -1.01. The zero-order chi connectivity index (χ0) is 12.9. The number of hydrogen-bond acceptors (Lipinski definition) is 2. The highest BCUT2D eigenvalue weighted by Crippen LogP contribution is 2.37. The Morgan fingerprint density at radius 2 is 1.59 bits per heavy atom. The molecule has 3 nitrogen and oxygen atoms in total. The summed E-state index contributed by atoms with van der Waals surface area (Å²) in [6, 6.07) is 9.08. The SMILES string of the molecule is ClC(Cl)(Cl)c1ccccc1.O=C1C=CNC1=O. The molecule has 0 unspecified atom stereocenters. The van der Waals surface area contributed by atoms with Gasteiger partial charge in [0.25, 0.3) is 5.91 Å². The predicted molar refractivity (Wildman–Crippen MR) is 68.0 cm³/mol. The average molecular weight is 293 g/mol. The van der Waals surface area contributed by atoms with Crippen molar-refractivity contribution >= 4 is 46.5 Å². The molecule has 0 saturated carbocycles. The fourth-order valence-electron chi connectivity index (χ4n) is 0.967. The summed E-state index contributed by atoms with van der Waals surface area (Å²) < 4.78 is -1.29. The second-order valence-corrected chi connectivity index (χ2v) is 5.32. The molecule has 1 aliphatic heterocycles. The molecule has 1 aromatic rings. The summed E-state index contributed by atoms with van der Waals surface area (Å²) in [5, 5.41) is 2.20. The van der Waals surface area contributed by atoms with E-state index >= 15 is 0 Å². The quantitative estimate of drug-likeness (QED) is 0.590. The summed E-state index contributed by atoms with van der Waals surface area (Å²) in [6.07, 6.45) is 2.52. The van der Waals surface area contributed by atoms with Crippen LogP contribution in [-0.4, -0.2) is 11.7 Å². The number of nitrogens with one attached hydrogen (secondary N) is 1. The van der Waals surface area contributed by atoms with Gasteiger partial charge in [0, 0.05) is 17.8 Å². The van der Waals surface area contributed by atoms with Crippen molar-refractivity contribution in [3.8, 4) is 0 Å². The fraction of sp³-hybridized carbons (Fsp3) is 0.0909. The van der Waals surface area contributed by atoms with Crippen molar-refractivity contribution in [2.75, 3.05) is 0 Å². The molecule has 1 amide bonds. The largest absolute Gasteiger partial charge is 0.326 e. The maximum absolute atomic E-state index is 10.1. The molecule has 1 N–H and O–H groups in total. The minimum Gasteiger partial charge on any atom is -0.326 e. The molecule has 0 aliphatic carbocycles. The number of halogens is 3. The van der Waals surface area contributed by atoms with Crippen LogP contribution in [0.2, 0.25) is 0 Å². The Kier molecular flexibility index (Phi) is 5.00. The molecule has 2 rings (SSSR count). The number of ketones is 1. The fourth-order valence-corrected chi connectivity index (χ4v) is 1.34. The third-order valence-electron chi connectivity index (χ3n) is 1.77. The summed E-state index contributed by atoms with van der Waals surface area (Å²) in [4.78, 5) is 20.1. The standard InChI is InChI=1S/C7H5Cl3.C4H3NO2/c8-7(9,10)6-4-2-1-3-5-6;6-3-1-2-5-4(3)7/h1-5H;1-2H,(H,5,6,7). The number of carbonyl (C=O) groups excluding carboxylic acids is 2. The minimum absolute atomic E-state index is 0.472. The van der Waals surface area contributed by atoms with Gasteiger partial charge in [0.2, 0.25) is 9.58 Å². The van der Waals surface area contributed by atoms with Gasteiger partial charge in [-0.1, -0.05) is 65.1 Å². The summed E-state index contributed by atoms with van der Waals surface area (Å²) in [5.41, 5.74) is 0.694. The van der Waals surface area contributed by atoms with E-state index in [-0.39, 0.29) is 0 Å². The molecule has 0 spiro atoms. The first-order chi connectivity index (χ1) is 7.91. The topological polar surface area (TPSA) is 46.2 Å². The molecule has 1 aromatic carbocycles. The lowest BCUT2D eigenvalue weighted by Gasteiger charge is -2.09. The van der Waals surface area contributed by atoms with E-state index in [9.17, 15) is 9.59 Å². The number of hydrogen-bond donors (Lipinski definition) is 1. The molecule has 17 heavy (non-hydrogen) atoms. The molecule has 0 atom stereocenters.